The van der Waals surface area contributed by atoms with E-state index in [-0.39, 0.29) is 5.91 Å². The first-order valence-electron chi connectivity index (χ1n) is 5.31. The molecule has 0 atom stereocenters. The van der Waals surface area contributed by atoms with Gasteiger partial charge in [0.05, 0.1) is 24.9 Å². The van der Waals surface area contributed by atoms with Crippen LogP contribution in [0.5, 0.6) is 5.75 Å². The van der Waals surface area contributed by atoms with Crippen molar-refractivity contribution in [3.63, 3.8) is 0 Å². The Kier molecular flexibility index (Phi) is 3.75. The highest BCUT2D eigenvalue weighted by Gasteiger charge is 2.03. The maximum atomic E-state index is 11.5. The van der Waals surface area contributed by atoms with E-state index in [4.69, 9.17) is 4.74 Å². The highest BCUT2D eigenvalue weighted by Crippen LogP contribution is 2.08. The summed E-state index contributed by atoms with van der Waals surface area (Å²) in [6.45, 7) is 0.355. The van der Waals surface area contributed by atoms with Gasteiger partial charge in [-0.2, -0.15) is 5.10 Å². The highest BCUT2D eigenvalue weighted by atomic mass is 16.5. The molecular formula is C12H13N3O2. The van der Waals surface area contributed by atoms with Crippen molar-refractivity contribution in [3.05, 3.63) is 42.7 Å². The summed E-state index contributed by atoms with van der Waals surface area (Å²) in [5, 5.41) is 9.05. The van der Waals surface area contributed by atoms with Gasteiger partial charge in [-0.05, 0) is 12.1 Å². The minimum Gasteiger partial charge on any atom is -0.493 e. The quantitative estimate of drug-likeness (QED) is 0.824. The minimum atomic E-state index is -0.0951. The zero-order chi connectivity index (χ0) is 11.9. The zero-order valence-electron chi connectivity index (χ0n) is 9.22. The van der Waals surface area contributed by atoms with Crippen LogP contribution < -0.4 is 10.1 Å². The number of anilines is 1. The van der Waals surface area contributed by atoms with Gasteiger partial charge < -0.3 is 10.1 Å². The molecule has 0 radical (unpaired) electrons. The van der Waals surface area contributed by atoms with Crippen LogP contribution in [-0.4, -0.2) is 22.7 Å². The fourth-order valence-corrected chi connectivity index (χ4v) is 1.32. The van der Waals surface area contributed by atoms with Crippen LogP contribution in [0, 0.1) is 0 Å². The van der Waals surface area contributed by atoms with Gasteiger partial charge in [-0.15, -0.1) is 0 Å². The largest absolute Gasteiger partial charge is 0.493 e. The summed E-state index contributed by atoms with van der Waals surface area (Å²) >= 11 is 0. The number of aromatic nitrogens is 2. The first-order chi connectivity index (χ1) is 8.34. The van der Waals surface area contributed by atoms with Crippen LogP contribution in [0.2, 0.25) is 0 Å². The Bertz CT molecular complexity index is 454. The number of nitrogens with one attached hydrogen (secondary N) is 2. The van der Waals surface area contributed by atoms with Gasteiger partial charge in [-0.25, -0.2) is 0 Å². The molecule has 0 saturated carbocycles. The molecule has 0 aliphatic carbocycles. The minimum absolute atomic E-state index is 0.0951. The number of para-hydroxylation sites is 1. The number of amides is 1. The third-order valence-electron chi connectivity index (χ3n) is 2.12. The normalized spacial score (nSPS) is 9.88. The molecule has 1 heterocycles. The summed E-state index contributed by atoms with van der Waals surface area (Å²) in [5.41, 5.74) is 0.662. The molecule has 0 saturated heterocycles. The number of carbonyl (C=O) groups excluding carboxylic acids is 1. The van der Waals surface area contributed by atoms with Gasteiger partial charge in [0.2, 0.25) is 5.91 Å². The number of aromatic amines is 1. The third kappa shape index (κ3) is 3.64. The SMILES string of the molecule is O=C(CCOc1ccccc1)Nc1cn[nH]c1. The number of benzene rings is 1. The molecule has 88 valence electrons. The fourth-order valence-electron chi connectivity index (χ4n) is 1.32. The molecule has 2 rings (SSSR count). The molecular weight excluding hydrogens is 218 g/mol. The number of nitrogens with zero attached hydrogens (tertiary/aromatic N) is 1. The molecule has 0 aliphatic heterocycles. The second-order valence-corrected chi connectivity index (χ2v) is 3.45. The topological polar surface area (TPSA) is 67.0 Å². The molecule has 5 nitrogen and oxygen atoms in total. The van der Waals surface area contributed by atoms with E-state index in [1.165, 1.54) is 0 Å². The second kappa shape index (κ2) is 5.69. The summed E-state index contributed by atoms with van der Waals surface area (Å²) < 4.78 is 5.41. The lowest BCUT2D eigenvalue weighted by molar-refractivity contribution is -0.116. The number of rotatable bonds is 5. The van der Waals surface area contributed by atoms with E-state index in [2.05, 4.69) is 15.5 Å². The summed E-state index contributed by atoms with van der Waals surface area (Å²) in [5.74, 6) is 0.672. The number of hydrogen-bond donors (Lipinski definition) is 2. The standard InChI is InChI=1S/C12H13N3O2/c16-12(15-10-8-13-14-9-10)6-7-17-11-4-2-1-3-5-11/h1-5,8-9H,6-7H2,(H,13,14)(H,15,16). The summed E-state index contributed by atoms with van der Waals surface area (Å²) in [6, 6.07) is 9.40. The van der Waals surface area contributed by atoms with Crippen LogP contribution in [0.3, 0.4) is 0 Å². The van der Waals surface area contributed by atoms with E-state index in [1.54, 1.807) is 12.4 Å². The van der Waals surface area contributed by atoms with Gasteiger partial charge in [0.25, 0.3) is 0 Å². The van der Waals surface area contributed by atoms with E-state index < -0.39 is 0 Å². The lowest BCUT2D eigenvalue weighted by Crippen LogP contribution is -2.14. The molecule has 1 aromatic heterocycles. The van der Waals surface area contributed by atoms with E-state index in [1.807, 2.05) is 30.3 Å². The van der Waals surface area contributed by atoms with Gasteiger partial charge in [0.1, 0.15) is 5.75 Å². The van der Waals surface area contributed by atoms with Crippen molar-refractivity contribution in [3.8, 4) is 5.75 Å². The van der Waals surface area contributed by atoms with E-state index >= 15 is 0 Å². The molecule has 1 aromatic carbocycles. The van der Waals surface area contributed by atoms with Crippen LogP contribution in [0.25, 0.3) is 0 Å². The van der Waals surface area contributed by atoms with Gasteiger partial charge >= 0.3 is 0 Å². The van der Waals surface area contributed by atoms with Crippen LogP contribution in [-0.2, 0) is 4.79 Å². The van der Waals surface area contributed by atoms with Crippen molar-refractivity contribution >= 4 is 11.6 Å². The molecule has 0 fully saturated rings. The highest BCUT2D eigenvalue weighted by molar-refractivity contribution is 5.90. The predicted octanol–water partition coefficient (Wildman–Crippen LogP) is 1.82. The second-order valence-electron chi connectivity index (χ2n) is 3.45. The lowest BCUT2D eigenvalue weighted by atomic mass is 10.3. The Morgan fingerprint density at radius 1 is 1.35 bits per heavy atom. The lowest BCUT2D eigenvalue weighted by Gasteiger charge is -2.05. The fraction of sp³-hybridized carbons (Fsp3) is 0.167. The van der Waals surface area contributed by atoms with Crippen molar-refractivity contribution in [2.75, 3.05) is 11.9 Å². The van der Waals surface area contributed by atoms with Crippen LogP contribution in [0.1, 0.15) is 6.42 Å². The molecule has 5 heteroatoms. The van der Waals surface area contributed by atoms with Gasteiger partial charge in [-0.1, -0.05) is 18.2 Å². The molecule has 0 unspecified atom stereocenters. The van der Waals surface area contributed by atoms with Crippen molar-refractivity contribution in [2.24, 2.45) is 0 Å². The van der Waals surface area contributed by atoms with Crippen molar-refractivity contribution in [2.45, 2.75) is 6.42 Å². The average molecular weight is 231 g/mol. The van der Waals surface area contributed by atoms with Crippen LogP contribution >= 0.6 is 0 Å². The summed E-state index contributed by atoms with van der Waals surface area (Å²) in [6.07, 6.45) is 3.48. The first kappa shape index (κ1) is 11.2. The maximum absolute atomic E-state index is 11.5. The van der Waals surface area contributed by atoms with Crippen LogP contribution in [0.4, 0.5) is 5.69 Å². The van der Waals surface area contributed by atoms with Crippen molar-refractivity contribution in [1.82, 2.24) is 10.2 Å². The molecule has 0 aliphatic rings. The number of ether oxygens (including phenoxy) is 1. The van der Waals surface area contributed by atoms with Gasteiger partial charge in [0.15, 0.2) is 0 Å². The maximum Gasteiger partial charge on any atom is 0.227 e. The number of carbonyl (C=O) groups is 1. The Morgan fingerprint density at radius 3 is 2.88 bits per heavy atom. The Morgan fingerprint density at radius 2 is 2.18 bits per heavy atom. The number of H-pyrrole nitrogens is 1. The van der Waals surface area contributed by atoms with Crippen molar-refractivity contribution < 1.29 is 9.53 Å². The molecule has 2 N–H and O–H groups in total. The first-order valence-corrected chi connectivity index (χ1v) is 5.31. The van der Waals surface area contributed by atoms with Crippen molar-refractivity contribution in [1.29, 1.82) is 0 Å². The molecule has 2 aromatic rings. The Balaban J connectivity index is 1.70. The molecule has 0 bridgehead atoms. The molecule has 17 heavy (non-hydrogen) atoms. The van der Waals surface area contributed by atoms with E-state index in [9.17, 15) is 4.79 Å². The monoisotopic (exact) mass is 231 g/mol. The smallest absolute Gasteiger partial charge is 0.227 e. The average Bonchev–Trinajstić information content (AvgIpc) is 2.83. The van der Waals surface area contributed by atoms with Crippen LogP contribution in [0.15, 0.2) is 42.7 Å². The predicted molar refractivity (Wildman–Crippen MR) is 63.8 cm³/mol. The summed E-state index contributed by atoms with van der Waals surface area (Å²) in [7, 11) is 0. The zero-order valence-corrected chi connectivity index (χ0v) is 9.22. The van der Waals surface area contributed by atoms with Gasteiger partial charge in [-0.3, -0.25) is 9.89 Å². The summed E-state index contributed by atoms with van der Waals surface area (Å²) in [4.78, 5) is 11.5. The molecule has 1 amide bonds. The number of hydrogen-bond acceptors (Lipinski definition) is 3. The van der Waals surface area contributed by atoms with Gasteiger partial charge in [0, 0.05) is 6.20 Å². The van der Waals surface area contributed by atoms with E-state index in [0.717, 1.165) is 5.75 Å². The van der Waals surface area contributed by atoms with E-state index in [0.29, 0.717) is 18.7 Å². The third-order valence-corrected chi connectivity index (χ3v) is 2.12. The molecule has 0 spiro atoms. The Labute approximate surface area is 98.8 Å². The Hall–Kier alpha value is -2.30.